The van der Waals surface area contributed by atoms with Crippen LogP contribution in [0.1, 0.15) is 17.3 Å². The SMILES string of the molecule is CC(CN)C(=O)N1CCN(C(=O)c2cccc(S(C)(=O)=O)c2)CC1. The molecule has 24 heavy (non-hydrogen) atoms. The average molecular weight is 353 g/mol. The number of carbonyl (C=O) groups is 2. The minimum absolute atomic E-state index is 0.00340. The Balaban J connectivity index is 2.05. The van der Waals surface area contributed by atoms with Gasteiger partial charge in [-0.15, -0.1) is 0 Å². The second-order valence-electron chi connectivity index (χ2n) is 6.05. The molecule has 0 aliphatic carbocycles. The first kappa shape index (κ1) is 18.4. The molecule has 8 heteroatoms. The minimum atomic E-state index is -3.36. The smallest absolute Gasteiger partial charge is 0.254 e. The van der Waals surface area contributed by atoms with Crippen molar-refractivity contribution < 1.29 is 18.0 Å². The number of hydrogen-bond acceptors (Lipinski definition) is 5. The number of piperazine rings is 1. The van der Waals surface area contributed by atoms with Gasteiger partial charge in [-0.25, -0.2) is 8.42 Å². The van der Waals surface area contributed by atoms with Crippen LogP contribution in [0, 0.1) is 5.92 Å². The van der Waals surface area contributed by atoms with E-state index in [1.165, 1.54) is 12.1 Å². The summed E-state index contributed by atoms with van der Waals surface area (Å²) in [7, 11) is -3.36. The Morgan fingerprint density at radius 3 is 2.29 bits per heavy atom. The lowest BCUT2D eigenvalue weighted by Gasteiger charge is -2.36. The van der Waals surface area contributed by atoms with Crippen molar-refractivity contribution in [2.75, 3.05) is 39.0 Å². The third-order valence-corrected chi connectivity index (χ3v) is 5.27. The van der Waals surface area contributed by atoms with Crippen molar-refractivity contribution in [3.05, 3.63) is 29.8 Å². The van der Waals surface area contributed by atoms with E-state index < -0.39 is 9.84 Å². The van der Waals surface area contributed by atoms with E-state index in [1.807, 2.05) is 0 Å². The maximum absolute atomic E-state index is 12.6. The molecule has 0 saturated carbocycles. The summed E-state index contributed by atoms with van der Waals surface area (Å²) in [4.78, 5) is 28.1. The summed E-state index contributed by atoms with van der Waals surface area (Å²) < 4.78 is 23.2. The fourth-order valence-corrected chi connectivity index (χ4v) is 3.25. The summed E-state index contributed by atoms with van der Waals surface area (Å²) in [6, 6.07) is 6.03. The van der Waals surface area contributed by atoms with Crippen LogP contribution < -0.4 is 5.73 Å². The summed E-state index contributed by atoms with van der Waals surface area (Å²) in [5.74, 6) is -0.443. The normalized spacial score (nSPS) is 16.8. The maximum Gasteiger partial charge on any atom is 0.254 e. The molecular weight excluding hydrogens is 330 g/mol. The van der Waals surface area contributed by atoms with Gasteiger partial charge in [-0.1, -0.05) is 13.0 Å². The molecule has 1 heterocycles. The van der Waals surface area contributed by atoms with Gasteiger partial charge in [-0.05, 0) is 18.2 Å². The third kappa shape index (κ3) is 4.12. The van der Waals surface area contributed by atoms with Gasteiger partial charge in [0.05, 0.1) is 4.90 Å². The molecule has 2 N–H and O–H groups in total. The number of sulfone groups is 1. The highest BCUT2D eigenvalue weighted by Gasteiger charge is 2.27. The van der Waals surface area contributed by atoms with E-state index in [0.29, 0.717) is 38.3 Å². The van der Waals surface area contributed by atoms with E-state index in [9.17, 15) is 18.0 Å². The molecule has 0 radical (unpaired) electrons. The molecule has 132 valence electrons. The minimum Gasteiger partial charge on any atom is -0.339 e. The molecule has 2 amide bonds. The molecule has 0 bridgehead atoms. The molecule has 7 nitrogen and oxygen atoms in total. The Kier molecular flexibility index (Phi) is 5.61. The molecule has 1 aromatic rings. The number of benzene rings is 1. The molecule has 1 saturated heterocycles. The Hall–Kier alpha value is -1.93. The maximum atomic E-state index is 12.6. The number of nitrogens with two attached hydrogens (primary N) is 1. The number of hydrogen-bond donors (Lipinski definition) is 1. The van der Waals surface area contributed by atoms with Crippen LogP contribution in [0.15, 0.2) is 29.2 Å². The summed E-state index contributed by atoms with van der Waals surface area (Å²) in [6.45, 7) is 3.85. The van der Waals surface area contributed by atoms with E-state index in [4.69, 9.17) is 5.73 Å². The fourth-order valence-electron chi connectivity index (χ4n) is 2.58. The number of amides is 2. The fraction of sp³-hybridized carbons (Fsp3) is 0.500. The van der Waals surface area contributed by atoms with Gasteiger partial charge in [0.2, 0.25) is 5.91 Å². The van der Waals surface area contributed by atoms with Crippen molar-refractivity contribution in [3.8, 4) is 0 Å². The van der Waals surface area contributed by atoms with Gasteiger partial charge in [-0.2, -0.15) is 0 Å². The Bertz CT molecular complexity index is 725. The zero-order chi connectivity index (χ0) is 17.9. The first-order chi connectivity index (χ1) is 11.2. The number of rotatable bonds is 4. The first-order valence-electron chi connectivity index (χ1n) is 7.82. The zero-order valence-corrected chi connectivity index (χ0v) is 14.8. The van der Waals surface area contributed by atoms with E-state index >= 15 is 0 Å². The molecule has 1 aliphatic heterocycles. The Labute approximate surface area is 142 Å². The van der Waals surface area contributed by atoms with Gasteiger partial charge in [0.15, 0.2) is 9.84 Å². The molecule has 0 spiro atoms. The van der Waals surface area contributed by atoms with Crippen LogP contribution in [0.2, 0.25) is 0 Å². The number of carbonyl (C=O) groups excluding carboxylic acids is 2. The lowest BCUT2D eigenvalue weighted by molar-refractivity contribution is -0.136. The van der Waals surface area contributed by atoms with Crippen molar-refractivity contribution in [1.29, 1.82) is 0 Å². The monoisotopic (exact) mass is 353 g/mol. The van der Waals surface area contributed by atoms with Crippen LogP contribution in [-0.4, -0.2) is 69.0 Å². The van der Waals surface area contributed by atoms with Crippen LogP contribution >= 0.6 is 0 Å². The van der Waals surface area contributed by atoms with Crippen molar-refractivity contribution in [3.63, 3.8) is 0 Å². The predicted octanol–water partition coefficient (Wildman–Crippen LogP) is -0.0307. The van der Waals surface area contributed by atoms with E-state index in [2.05, 4.69) is 0 Å². The van der Waals surface area contributed by atoms with Crippen molar-refractivity contribution in [2.45, 2.75) is 11.8 Å². The summed E-state index contributed by atoms with van der Waals surface area (Å²) in [5, 5.41) is 0. The molecule has 1 fully saturated rings. The lowest BCUT2D eigenvalue weighted by atomic mass is 10.1. The van der Waals surface area contributed by atoms with Crippen molar-refractivity contribution in [1.82, 2.24) is 9.80 Å². The molecule has 1 atom stereocenters. The van der Waals surface area contributed by atoms with E-state index in [-0.39, 0.29) is 22.6 Å². The van der Waals surface area contributed by atoms with Crippen LogP contribution in [0.25, 0.3) is 0 Å². The van der Waals surface area contributed by atoms with Gasteiger partial charge < -0.3 is 15.5 Å². The Morgan fingerprint density at radius 1 is 1.17 bits per heavy atom. The van der Waals surface area contributed by atoms with Gasteiger partial charge in [0, 0.05) is 50.5 Å². The largest absolute Gasteiger partial charge is 0.339 e. The van der Waals surface area contributed by atoms with Gasteiger partial charge in [0.25, 0.3) is 5.91 Å². The zero-order valence-electron chi connectivity index (χ0n) is 13.9. The van der Waals surface area contributed by atoms with Crippen LogP contribution in [0.4, 0.5) is 0 Å². The highest BCUT2D eigenvalue weighted by Crippen LogP contribution is 2.15. The summed E-state index contributed by atoms with van der Waals surface area (Å²) in [5.41, 5.74) is 5.86. The second-order valence-corrected chi connectivity index (χ2v) is 8.07. The summed E-state index contributed by atoms with van der Waals surface area (Å²) >= 11 is 0. The van der Waals surface area contributed by atoms with Crippen LogP contribution in [0.5, 0.6) is 0 Å². The Morgan fingerprint density at radius 2 is 1.75 bits per heavy atom. The molecule has 1 unspecified atom stereocenters. The van der Waals surface area contributed by atoms with Crippen molar-refractivity contribution >= 4 is 21.7 Å². The molecular formula is C16H23N3O4S. The number of nitrogens with zero attached hydrogens (tertiary/aromatic N) is 2. The second kappa shape index (κ2) is 7.31. The van der Waals surface area contributed by atoms with Gasteiger partial charge in [-0.3, -0.25) is 9.59 Å². The molecule has 2 rings (SSSR count). The van der Waals surface area contributed by atoms with Gasteiger partial charge in [0.1, 0.15) is 0 Å². The van der Waals surface area contributed by atoms with Crippen molar-refractivity contribution in [2.24, 2.45) is 11.7 Å². The highest BCUT2D eigenvalue weighted by atomic mass is 32.2. The van der Waals surface area contributed by atoms with E-state index in [1.54, 1.807) is 28.9 Å². The van der Waals surface area contributed by atoms with E-state index in [0.717, 1.165) is 6.26 Å². The topological polar surface area (TPSA) is 101 Å². The summed E-state index contributed by atoms with van der Waals surface area (Å²) in [6.07, 6.45) is 1.11. The first-order valence-corrected chi connectivity index (χ1v) is 9.71. The van der Waals surface area contributed by atoms with Crippen LogP contribution in [-0.2, 0) is 14.6 Å². The molecule has 0 aromatic heterocycles. The standard InChI is InChI=1S/C16H23N3O4S/c1-12(11-17)15(20)18-6-8-19(9-7-18)16(21)13-4-3-5-14(10-13)24(2,22)23/h3-5,10,12H,6-9,11,17H2,1-2H3. The third-order valence-electron chi connectivity index (χ3n) is 4.16. The van der Waals surface area contributed by atoms with Crippen LogP contribution in [0.3, 0.4) is 0 Å². The highest BCUT2D eigenvalue weighted by molar-refractivity contribution is 7.90. The average Bonchev–Trinajstić information content (AvgIpc) is 2.59. The molecule has 1 aromatic carbocycles. The molecule has 1 aliphatic rings. The predicted molar refractivity (Wildman–Crippen MR) is 90.3 cm³/mol. The quantitative estimate of drug-likeness (QED) is 0.819. The lowest BCUT2D eigenvalue weighted by Crippen LogP contribution is -2.52. The van der Waals surface area contributed by atoms with Gasteiger partial charge >= 0.3 is 0 Å².